The molecule has 1 amide bonds. The third-order valence-corrected chi connectivity index (χ3v) is 8.80. The van der Waals surface area contributed by atoms with Gasteiger partial charge in [0.25, 0.3) is 0 Å². The van der Waals surface area contributed by atoms with Crippen LogP contribution >= 0.6 is 0 Å². The van der Waals surface area contributed by atoms with Crippen LogP contribution in [0.25, 0.3) is 27.8 Å². The van der Waals surface area contributed by atoms with Crippen LogP contribution in [0, 0.1) is 19.8 Å². The summed E-state index contributed by atoms with van der Waals surface area (Å²) < 4.78 is 1.89. The van der Waals surface area contributed by atoms with Crippen LogP contribution in [0.4, 0.5) is 0 Å². The van der Waals surface area contributed by atoms with Crippen LogP contribution in [-0.4, -0.2) is 56.6 Å². The highest BCUT2D eigenvalue weighted by Gasteiger charge is 2.26. The van der Waals surface area contributed by atoms with Gasteiger partial charge in [-0.25, -0.2) is 9.50 Å². The van der Waals surface area contributed by atoms with Crippen molar-refractivity contribution >= 4 is 22.5 Å². The van der Waals surface area contributed by atoms with Crippen LogP contribution in [0.15, 0.2) is 30.7 Å². The fourth-order valence-corrected chi connectivity index (χ4v) is 6.19. The fraction of sp³-hybridized carbons (Fsp3) is 0.516. The average Bonchev–Trinajstić information content (AvgIpc) is 3.48. The van der Waals surface area contributed by atoms with Crippen LogP contribution in [0.5, 0.6) is 0 Å². The summed E-state index contributed by atoms with van der Waals surface area (Å²) in [4.78, 5) is 23.0. The lowest BCUT2D eigenvalue weighted by molar-refractivity contribution is -0.132. The number of hydrogen-bond donors (Lipinski definition) is 2. The average molecular weight is 513 g/mol. The van der Waals surface area contributed by atoms with Gasteiger partial charge in [0.15, 0.2) is 5.65 Å². The molecule has 1 saturated heterocycles. The Morgan fingerprint density at radius 1 is 1.13 bits per heavy atom. The highest BCUT2D eigenvalue weighted by molar-refractivity contribution is 5.92. The molecule has 0 unspecified atom stereocenters. The van der Waals surface area contributed by atoms with Crippen molar-refractivity contribution in [3.8, 4) is 11.3 Å². The maximum absolute atomic E-state index is 12.7. The highest BCUT2D eigenvalue weighted by Crippen LogP contribution is 2.40. The lowest BCUT2D eigenvalue weighted by atomic mass is 9.87. The first-order valence-corrected chi connectivity index (χ1v) is 14.3. The summed E-state index contributed by atoms with van der Waals surface area (Å²) in [6.07, 6.45) is 9.10. The SMILES string of the molecule is Cc1c(-c2[nH]c3ccc(C4CCN(C(=O)CCNCC5CC5)CC4)cc3c2C(C)C)cn2ncnc2c1C. The van der Waals surface area contributed by atoms with E-state index in [0.717, 1.165) is 56.1 Å². The molecule has 1 saturated carbocycles. The fourth-order valence-electron chi connectivity index (χ4n) is 6.19. The molecular formula is C31H40N6O. The van der Waals surface area contributed by atoms with Crippen LogP contribution in [0.1, 0.15) is 80.0 Å². The standard InChI is InChI=1S/C31H40N6O/c1-19(2)29-25-15-24(23-10-13-36(14-11-23)28(38)9-12-32-16-22-5-6-22)7-8-27(25)35-30(29)26-17-37-31(33-18-34-37)21(4)20(26)3/h7-8,15,17-19,22-23,32,35H,5-6,9-14,16H2,1-4H3. The van der Waals surface area contributed by atoms with E-state index in [4.69, 9.17) is 0 Å². The van der Waals surface area contributed by atoms with Gasteiger partial charge in [-0.05, 0) is 98.2 Å². The zero-order valence-corrected chi connectivity index (χ0v) is 23.2. The zero-order chi connectivity index (χ0) is 26.4. The largest absolute Gasteiger partial charge is 0.354 e. The first-order chi connectivity index (χ1) is 18.4. The number of nitrogens with one attached hydrogen (secondary N) is 2. The second-order valence-corrected chi connectivity index (χ2v) is 11.7. The maximum Gasteiger partial charge on any atom is 0.223 e. The number of benzene rings is 1. The molecule has 4 aromatic rings. The first-order valence-electron chi connectivity index (χ1n) is 14.3. The summed E-state index contributed by atoms with van der Waals surface area (Å²) in [6, 6.07) is 6.94. The second-order valence-electron chi connectivity index (χ2n) is 11.7. The Balaban J connectivity index is 1.22. The Labute approximate surface area is 225 Å². The predicted molar refractivity (Wildman–Crippen MR) is 153 cm³/mol. The summed E-state index contributed by atoms with van der Waals surface area (Å²) in [7, 11) is 0. The topological polar surface area (TPSA) is 78.3 Å². The number of pyridine rings is 1. The summed E-state index contributed by atoms with van der Waals surface area (Å²) in [5, 5.41) is 9.18. The van der Waals surface area contributed by atoms with E-state index in [1.165, 1.54) is 51.7 Å². The van der Waals surface area contributed by atoms with Crippen LogP contribution in [-0.2, 0) is 4.79 Å². The van der Waals surface area contributed by atoms with Crippen molar-refractivity contribution in [2.75, 3.05) is 26.2 Å². The smallest absolute Gasteiger partial charge is 0.223 e. The minimum Gasteiger partial charge on any atom is -0.354 e. The molecule has 2 N–H and O–H groups in total. The number of aromatic amines is 1. The summed E-state index contributed by atoms with van der Waals surface area (Å²) in [5.41, 5.74) is 9.59. The lowest BCUT2D eigenvalue weighted by Gasteiger charge is -2.32. The minimum atomic E-state index is 0.301. The molecule has 1 aliphatic heterocycles. The third-order valence-electron chi connectivity index (χ3n) is 8.80. The van der Waals surface area contributed by atoms with Crippen LogP contribution < -0.4 is 5.32 Å². The summed E-state index contributed by atoms with van der Waals surface area (Å²) in [5.74, 6) is 2.02. The number of rotatable bonds is 8. The number of amides is 1. The van der Waals surface area contributed by atoms with E-state index < -0.39 is 0 Å². The Hall–Kier alpha value is -3.19. The number of piperidine rings is 1. The molecule has 2 aliphatic rings. The normalized spacial score (nSPS) is 16.8. The molecule has 6 rings (SSSR count). The number of aryl methyl sites for hydroxylation is 1. The van der Waals surface area contributed by atoms with Gasteiger partial charge in [0.2, 0.25) is 5.91 Å². The van der Waals surface area contributed by atoms with Crippen molar-refractivity contribution in [2.24, 2.45) is 5.92 Å². The van der Waals surface area contributed by atoms with Crippen molar-refractivity contribution in [3.63, 3.8) is 0 Å². The van der Waals surface area contributed by atoms with Gasteiger partial charge in [-0.2, -0.15) is 5.10 Å². The molecule has 0 bridgehead atoms. The van der Waals surface area contributed by atoms with Gasteiger partial charge < -0.3 is 15.2 Å². The molecule has 38 heavy (non-hydrogen) atoms. The molecule has 4 heterocycles. The number of fused-ring (bicyclic) bond motifs is 2. The number of aromatic nitrogens is 4. The minimum absolute atomic E-state index is 0.301. The number of nitrogens with zero attached hydrogens (tertiary/aromatic N) is 4. The van der Waals surface area contributed by atoms with Gasteiger partial charge >= 0.3 is 0 Å². The molecule has 0 radical (unpaired) electrons. The van der Waals surface area contributed by atoms with Crippen molar-refractivity contribution in [3.05, 3.63) is 53.0 Å². The number of carbonyl (C=O) groups is 1. The van der Waals surface area contributed by atoms with Gasteiger partial charge in [0.1, 0.15) is 6.33 Å². The quantitative estimate of drug-likeness (QED) is 0.296. The van der Waals surface area contributed by atoms with E-state index in [0.29, 0.717) is 24.2 Å². The molecule has 0 atom stereocenters. The summed E-state index contributed by atoms with van der Waals surface area (Å²) in [6.45, 7) is 12.5. The van der Waals surface area contributed by atoms with E-state index in [-0.39, 0.29) is 0 Å². The molecular weight excluding hydrogens is 472 g/mol. The number of H-pyrrole nitrogens is 1. The Bertz CT molecular complexity index is 1470. The predicted octanol–water partition coefficient (Wildman–Crippen LogP) is 5.71. The Morgan fingerprint density at radius 3 is 2.66 bits per heavy atom. The molecule has 0 spiro atoms. The van der Waals surface area contributed by atoms with E-state index in [2.05, 4.69) is 77.4 Å². The van der Waals surface area contributed by atoms with Gasteiger partial charge in [0, 0.05) is 48.7 Å². The van der Waals surface area contributed by atoms with Gasteiger partial charge in [-0.15, -0.1) is 0 Å². The molecule has 2 fully saturated rings. The highest BCUT2D eigenvalue weighted by atomic mass is 16.2. The maximum atomic E-state index is 12.7. The van der Waals surface area contributed by atoms with E-state index in [9.17, 15) is 4.79 Å². The lowest BCUT2D eigenvalue weighted by Crippen LogP contribution is -2.39. The molecule has 1 aromatic carbocycles. The van der Waals surface area contributed by atoms with Gasteiger partial charge in [-0.1, -0.05) is 19.9 Å². The zero-order valence-electron chi connectivity index (χ0n) is 23.2. The van der Waals surface area contributed by atoms with Crippen LogP contribution in [0.2, 0.25) is 0 Å². The molecule has 7 nitrogen and oxygen atoms in total. The van der Waals surface area contributed by atoms with Crippen molar-refractivity contribution < 1.29 is 4.79 Å². The van der Waals surface area contributed by atoms with E-state index >= 15 is 0 Å². The van der Waals surface area contributed by atoms with Gasteiger partial charge in [0.05, 0.1) is 5.69 Å². The third kappa shape index (κ3) is 4.73. The van der Waals surface area contributed by atoms with Crippen molar-refractivity contribution in [1.82, 2.24) is 29.8 Å². The van der Waals surface area contributed by atoms with Crippen molar-refractivity contribution in [1.29, 1.82) is 0 Å². The Morgan fingerprint density at radius 2 is 1.92 bits per heavy atom. The molecule has 1 aliphatic carbocycles. The van der Waals surface area contributed by atoms with Crippen molar-refractivity contribution in [2.45, 2.75) is 71.6 Å². The number of hydrogen-bond acceptors (Lipinski definition) is 4. The second kappa shape index (κ2) is 10.2. The molecule has 3 aromatic heterocycles. The molecule has 7 heteroatoms. The van der Waals surface area contributed by atoms with Crippen LogP contribution in [0.3, 0.4) is 0 Å². The first kappa shape index (κ1) is 25.1. The van der Waals surface area contributed by atoms with E-state index in [1.807, 2.05) is 4.52 Å². The Kier molecular flexibility index (Phi) is 6.72. The van der Waals surface area contributed by atoms with Gasteiger partial charge in [-0.3, -0.25) is 4.79 Å². The summed E-state index contributed by atoms with van der Waals surface area (Å²) >= 11 is 0. The monoisotopic (exact) mass is 512 g/mol. The number of likely N-dealkylation sites (tertiary alicyclic amines) is 1. The van der Waals surface area contributed by atoms with E-state index in [1.54, 1.807) is 6.33 Å². The molecule has 200 valence electrons. The number of carbonyl (C=O) groups excluding carboxylic acids is 1.